The lowest BCUT2D eigenvalue weighted by Crippen LogP contribution is -2.56. The fourth-order valence-electron chi connectivity index (χ4n) is 7.68. The molecule has 4 heterocycles. The van der Waals surface area contributed by atoms with E-state index in [1.165, 1.54) is 4.90 Å². The monoisotopic (exact) mass is 860 g/mol. The normalized spacial score (nSPS) is 16.1. The summed E-state index contributed by atoms with van der Waals surface area (Å²) in [5.41, 5.74) is 8.00. The number of fused-ring (bicyclic) bond motifs is 2. The Balaban J connectivity index is 0.994. The van der Waals surface area contributed by atoms with Gasteiger partial charge in [0.1, 0.15) is 36.8 Å². The van der Waals surface area contributed by atoms with E-state index in [-0.39, 0.29) is 38.3 Å². The minimum absolute atomic E-state index is 0.0235. The molecule has 12 nitrogen and oxygen atoms in total. The van der Waals surface area contributed by atoms with Crippen LogP contribution in [0.15, 0.2) is 95.5 Å². The second-order valence-electron chi connectivity index (χ2n) is 15.2. The Bertz CT molecular complexity index is 2650. The summed E-state index contributed by atoms with van der Waals surface area (Å²) in [7, 11) is 0. The smallest absolute Gasteiger partial charge is 0.326 e. The molecule has 2 aliphatic heterocycles. The van der Waals surface area contributed by atoms with Crippen molar-refractivity contribution in [1.29, 1.82) is 0 Å². The van der Waals surface area contributed by atoms with Gasteiger partial charge in [-0.25, -0.2) is 9.78 Å². The molecule has 0 saturated heterocycles. The molecule has 61 heavy (non-hydrogen) atoms. The van der Waals surface area contributed by atoms with E-state index in [2.05, 4.69) is 15.3 Å². The van der Waals surface area contributed by atoms with Crippen LogP contribution in [0, 0.1) is 27.7 Å². The molecule has 0 saturated carbocycles. The summed E-state index contributed by atoms with van der Waals surface area (Å²) < 4.78 is 24.2. The number of pyridine rings is 1. The second kappa shape index (κ2) is 17.3. The highest BCUT2D eigenvalue weighted by molar-refractivity contribution is 6.35. The van der Waals surface area contributed by atoms with Gasteiger partial charge in [0.25, 0.3) is 5.91 Å². The summed E-state index contributed by atoms with van der Waals surface area (Å²) in [6, 6.07) is 23.6. The average Bonchev–Trinajstić information content (AvgIpc) is 3.59. The Morgan fingerprint density at radius 3 is 2.39 bits per heavy atom. The van der Waals surface area contributed by atoms with Crippen LogP contribution in [0.4, 0.5) is 0 Å². The second-order valence-corrected chi connectivity index (χ2v) is 16.1. The SMILES string of the molecule is Cc1nc(C(=O)N2Cc3cc4c(cc3CC2C(=O)NC(Cc2ccc(-c3ccnc(C)c3C)cc2)C(=O)O)OCC(c2ccc(OCc3ccc(Cl)cc3Cl)cc2)O4)c(C)o1. The van der Waals surface area contributed by atoms with Crippen molar-refractivity contribution in [3.05, 3.63) is 158 Å². The number of benzene rings is 4. The molecule has 2 N–H and O–H groups in total. The minimum atomic E-state index is -1.27. The number of amides is 2. The minimum Gasteiger partial charge on any atom is -0.489 e. The van der Waals surface area contributed by atoms with Gasteiger partial charge in [0, 0.05) is 53.8 Å². The third-order valence-corrected chi connectivity index (χ3v) is 11.7. The summed E-state index contributed by atoms with van der Waals surface area (Å²) in [5, 5.41) is 14.1. The molecule has 0 bridgehead atoms. The molecule has 6 aromatic rings. The van der Waals surface area contributed by atoms with Crippen LogP contribution in [0.2, 0.25) is 10.0 Å². The zero-order chi connectivity index (χ0) is 42.9. The summed E-state index contributed by atoms with van der Waals surface area (Å²) in [6.07, 6.45) is 1.45. The third-order valence-electron chi connectivity index (χ3n) is 11.2. The van der Waals surface area contributed by atoms with Crippen molar-refractivity contribution in [3.8, 4) is 28.4 Å². The lowest BCUT2D eigenvalue weighted by atomic mass is 9.91. The largest absolute Gasteiger partial charge is 0.489 e. The number of aliphatic carboxylic acids is 1. The number of carboxylic acid groups (broad SMARTS) is 1. The van der Waals surface area contributed by atoms with Crippen molar-refractivity contribution < 1.29 is 38.1 Å². The fourth-order valence-corrected chi connectivity index (χ4v) is 8.15. The zero-order valence-corrected chi connectivity index (χ0v) is 35.3. The molecular weight excluding hydrogens is 819 g/mol. The number of nitrogens with zero attached hydrogens (tertiary/aromatic N) is 3. The molecule has 4 aromatic carbocycles. The third kappa shape index (κ3) is 8.92. The summed E-state index contributed by atoms with van der Waals surface area (Å²) in [5.74, 6) is -0.0664. The summed E-state index contributed by atoms with van der Waals surface area (Å²) in [4.78, 5) is 51.1. The predicted octanol–water partition coefficient (Wildman–Crippen LogP) is 8.75. The van der Waals surface area contributed by atoms with Crippen molar-refractivity contribution in [2.45, 2.75) is 71.9 Å². The maximum Gasteiger partial charge on any atom is 0.326 e. The van der Waals surface area contributed by atoms with E-state index in [9.17, 15) is 19.5 Å². The van der Waals surface area contributed by atoms with Gasteiger partial charge in [-0.3, -0.25) is 14.6 Å². The van der Waals surface area contributed by atoms with Gasteiger partial charge in [-0.05, 0) is 102 Å². The standard InChI is InChI=1S/C47H42Cl2N4O8/c1-25-26(2)50-16-15-37(25)30-7-5-29(6-8-30)17-39(47(56)57)52-45(54)40-18-33-19-41-42(20-34(33)22-53(40)46(55)44-27(3)60-28(4)51-44)61-43(24-59-41)31-10-13-36(14-11-31)58-23-32-9-12-35(48)21-38(32)49/h5-16,19-21,39-40,43H,17-18,22-24H2,1-4H3,(H,52,54)(H,56,57). The number of nitrogens with one attached hydrogen (secondary N) is 1. The Hall–Kier alpha value is -6.37. The lowest BCUT2D eigenvalue weighted by molar-refractivity contribution is -0.142. The number of aromatic nitrogens is 2. The van der Waals surface area contributed by atoms with Gasteiger partial charge in [0.15, 0.2) is 29.2 Å². The van der Waals surface area contributed by atoms with Gasteiger partial charge in [-0.2, -0.15) is 0 Å². The molecule has 14 heteroatoms. The first kappa shape index (κ1) is 41.4. The van der Waals surface area contributed by atoms with E-state index in [1.54, 1.807) is 32.2 Å². The molecule has 0 spiro atoms. The molecule has 0 aliphatic carbocycles. The van der Waals surface area contributed by atoms with E-state index in [1.807, 2.05) is 86.6 Å². The molecule has 0 radical (unpaired) electrons. The number of carbonyl (C=O) groups excluding carboxylic acids is 2. The Kier molecular flexibility index (Phi) is 11.7. The van der Waals surface area contributed by atoms with Gasteiger partial charge in [-0.15, -0.1) is 0 Å². The van der Waals surface area contributed by atoms with Crippen LogP contribution in [-0.2, 0) is 35.6 Å². The first-order valence-corrected chi connectivity index (χ1v) is 20.5. The molecule has 312 valence electrons. The van der Waals surface area contributed by atoms with Gasteiger partial charge in [0.2, 0.25) is 5.91 Å². The number of aryl methyl sites for hydroxylation is 3. The van der Waals surface area contributed by atoms with E-state index in [0.717, 1.165) is 50.2 Å². The van der Waals surface area contributed by atoms with E-state index >= 15 is 0 Å². The van der Waals surface area contributed by atoms with Gasteiger partial charge in [0.05, 0.1) is 0 Å². The highest BCUT2D eigenvalue weighted by Gasteiger charge is 2.39. The molecule has 8 rings (SSSR count). The topological polar surface area (TPSA) is 153 Å². The number of rotatable bonds is 11. The van der Waals surface area contributed by atoms with E-state index in [0.29, 0.717) is 38.9 Å². The Morgan fingerprint density at radius 1 is 0.934 bits per heavy atom. The van der Waals surface area contributed by atoms with Crippen molar-refractivity contribution in [2.75, 3.05) is 6.61 Å². The molecular formula is C47H42Cl2N4O8. The maximum absolute atomic E-state index is 14.2. The van der Waals surface area contributed by atoms with Crippen LogP contribution in [0.5, 0.6) is 17.2 Å². The van der Waals surface area contributed by atoms with Gasteiger partial charge >= 0.3 is 5.97 Å². The predicted molar refractivity (Wildman–Crippen MR) is 228 cm³/mol. The molecule has 2 aromatic heterocycles. The fraction of sp³-hybridized carbons (Fsp3) is 0.255. The first-order chi connectivity index (χ1) is 29.3. The van der Waals surface area contributed by atoms with Crippen molar-refractivity contribution in [1.82, 2.24) is 20.2 Å². The number of carboxylic acids is 1. The summed E-state index contributed by atoms with van der Waals surface area (Å²) >= 11 is 12.3. The Labute approximate surface area is 362 Å². The molecule has 3 atom stereocenters. The van der Waals surface area contributed by atoms with Crippen LogP contribution in [-0.4, -0.2) is 56.4 Å². The molecule has 3 unspecified atom stereocenters. The van der Waals surface area contributed by atoms with E-state index < -0.39 is 36.0 Å². The van der Waals surface area contributed by atoms with Crippen LogP contribution in [0.3, 0.4) is 0 Å². The quantitative estimate of drug-likeness (QED) is 0.129. The van der Waals surface area contributed by atoms with Gasteiger partial charge < -0.3 is 34.0 Å². The molecule has 2 amide bonds. The summed E-state index contributed by atoms with van der Waals surface area (Å²) in [6.45, 7) is 7.77. The molecule has 2 aliphatic rings. The maximum atomic E-state index is 14.2. The van der Waals surface area contributed by atoms with Crippen molar-refractivity contribution in [3.63, 3.8) is 0 Å². The Morgan fingerprint density at radius 2 is 1.69 bits per heavy atom. The highest BCUT2D eigenvalue weighted by atomic mass is 35.5. The first-order valence-electron chi connectivity index (χ1n) is 19.7. The van der Waals surface area contributed by atoms with Crippen molar-refractivity contribution >= 4 is 41.0 Å². The van der Waals surface area contributed by atoms with Gasteiger partial charge in [-0.1, -0.05) is 65.7 Å². The number of carbonyl (C=O) groups is 3. The number of oxazole rings is 1. The number of hydrogen-bond acceptors (Lipinski definition) is 9. The zero-order valence-electron chi connectivity index (χ0n) is 33.8. The van der Waals surface area contributed by atoms with Crippen molar-refractivity contribution in [2.24, 2.45) is 0 Å². The lowest BCUT2D eigenvalue weighted by Gasteiger charge is -2.37. The van der Waals surface area contributed by atoms with Crippen LogP contribution < -0.4 is 19.5 Å². The van der Waals surface area contributed by atoms with Crippen LogP contribution in [0.1, 0.15) is 67.3 Å². The number of halogens is 2. The van der Waals surface area contributed by atoms with Crippen LogP contribution >= 0.6 is 23.2 Å². The average molecular weight is 862 g/mol. The molecule has 0 fully saturated rings. The number of hydrogen-bond donors (Lipinski definition) is 2. The highest BCUT2D eigenvalue weighted by Crippen LogP contribution is 2.41. The van der Waals surface area contributed by atoms with Crippen LogP contribution in [0.25, 0.3) is 11.1 Å². The number of ether oxygens (including phenoxy) is 3. The van der Waals surface area contributed by atoms with E-state index in [4.69, 9.17) is 41.8 Å².